The molecule has 1 aromatic carbocycles. The molecule has 9 heteroatoms. The molecule has 25 heavy (non-hydrogen) atoms. The molecule has 2 aromatic heterocycles. The van der Waals surface area contributed by atoms with Gasteiger partial charge in [0.05, 0.1) is 0 Å². The van der Waals surface area contributed by atoms with E-state index in [-0.39, 0.29) is 0 Å². The summed E-state index contributed by atoms with van der Waals surface area (Å²) in [4.78, 5) is 12.3. The highest BCUT2D eigenvalue weighted by Crippen LogP contribution is 2.38. The molecule has 0 aliphatic rings. The average molecular weight is 459 g/mol. The third-order valence-corrected chi connectivity index (χ3v) is 6.52. The van der Waals surface area contributed by atoms with Gasteiger partial charge < -0.3 is 5.11 Å². The van der Waals surface area contributed by atoms with E-state index in [1.54, 1.807) is 18.3 Å². The number of hydrogen-bond donors (Lipinski definition) is 1. The quantitative estimate of drug-likeness (QED) is 0.526. The SMILES string of the molecule is Cc1cc(-n2c(Br)nnc2SC(C)C(=O)O)sc1-c1ccc(Cl)cc1. The van der Waals surface area contributed by atoms with Crippen LogP contribution >= 0.6 is 50.6 Å². The minimum absolute atomic E-state index is 0.533. The van der Waals surface area contributed by atoms with E-state index >= 15 is 0 Å². The third kappa shape index (κ3) is 3.92. The van der Waals surface area contributed by atoms with Crippen molar-refractivity contribution in [3.63, 3.8) is 0 Å². The summed E-state index contributed by atoms with van der Waals surface area (Å²) >= 11 is 12.1. The molecule has 3 aromatic rings. The Bertz CT molecular complexity index is 924. The van der Waals surface area contributed by atoms with Crippen molar-refractivity contribution in [2.75, 3.05) is 0 Å². The lowest BCUT2D eigenvalue weighted by Gasteiger charge is -2.07. The Morgan fingerprint density at radius 1 is 1.36 bits per heavy atom. The van der Waals surface area contributed by atoms with Crippen LogP contribution in [0.3, 0.4) is 0 Å². The Hall–Kier alpha value is -1.35. The largest absolute Gasteiger partial charge is 0.480 e. The zero-order valence-corrected chi connectivity index (χ0v) is 17.2. The maximum atomic E-state index is 11.1. The third-order valence-electron chi connectivity index (χ3n) is 3.46. The van der Waals surface area contributed by atoms with Crippen molar-refractivity contribution in [3.8, 4) is 15.4 Å². The molecule has 1 atom stereocenters. The molecule has 5 nitrogen and oxygen atoms in total. The Morgan fingerprint density at radius 3 is 2.68 bits per heavy atom. The number of thioether (sulfide) groups is 1. The van der Waals surface area contributed by atoms with Crippen molar-refractivity contribution in [1.82, 2.24) is 14.8 Å². The summed E-state index contributed by atoms with van der Waals surface area (Å²) < 4.78 is 2.36. The summed E-state index contributed by atoms with van der Waals surface area (Å²) in [7, 11) is 0. The van der Waals surface area contributed by atoms with Gasteiger partial charge in [0.2, 0.25) is 4.73 Å². The minimum Gasteiger partial charge on any atom is -0.480 e. The predicted molar refractivity (Wildman–Crippen MR) is 105 cm³/mol. The second kappa shape index (κ2) is 7.49. The van der Waals surface area contributed by atoms with Crippen LogP contribution in [0.15, 0.2) is 40.2 Å². The van der Waals surface area contributed by atoms with E-state index in [0.717, 1.165) is 32.8 Å². The van der Waals surface area contributed by atoms with Crippen molar-refractivity contribution >= 4 is 56.6 Å². The van der Waals surface area contributed by atoms with Crippen LogP contribution in [0, 0.1) is 6.92 Å². The van der Waals surface area contributed by atoms with Gasteiger partial charge in [0, 0.05) is 9.90 Å². The summed E-state index contributed by atoms with van der Waals surface area (Å²) in [5, 5.41) is 18.8. The molecule has 0 radical (unpaired) electrons. The van der Waals surface area contributed by atoms with Crippen LogP contribution in [0.5, 0.6) is 0 Å². The lowest BCUT2D eigenvalue weighted by molar-refractivity contribution is -0.136. The van der Waals surface area contributed by atoms with Gasteiger partial charge in [-0.25, -0.2) is 0 Å². The normalized spacial score (nSPS) is 12.3. The van der Waals surface area contributed by atoms with E-state index in [4.69, 9.17) is 16.7 Å². The number of aryl methyl sites for hydroxylation is 1. The summed E-state index contributed by atoms with van der Waals surface area (Å²) in [6.07, 6.45) is 0. The summed E-state index contributed by atoms with van der Waals surface area (Å²) in [5.41, 5.74) is 2.20. The standard InChI is InChI=1S/C16H13BrClN3O2S2/c1-8-7-12(25-13(8)10-3-5-11(18)6-4-10)21-15(17)19-20-16(21)24-9(2)14(22)23/h3-7,9H,1-2H3,(H,22,23). The van der Waals surface area contributed by atoms with Crippen LogP contribution in [-0.2, 0) is 4.79 Å². The first-order valence-electron chi connectivity index (χ1n) is 7.24. The molecule has 0 saturated heterocycles. The topological polar surface area (TPSA) is 68.0 Å². The number of carboxylic acid groups (broad SMARTS) is 1. The van der Waals surface area contributed by atoms with Crippen LogP contribution in [0.25, 0.3) is 15.4 Å². The molecule has 1 unspecified atom stereocenters. The first-order valence-corrected chi connectivity index (χ1v) is 10.1. The van der Waals surface area contributed by atoms with Gasteiger partial charge in [-0.05, 0) is 59.1 Å². The second-order valence-electron chi connectivity index (χ2n) is 5.29. The average Bonchev–Trinajstić information content (AvgIpc) is 3.11. The number of carboxylic acids is 1. The summed E-state index contributed by atoms with van der Waals surface area (Å²) in [5.74, 6) is -0.889. The van der Waals surface area contributed by atoms with Gasteiger partial charge in [0.15, 0.2) is 5.16 Å². The summed E-state index contributed by atoms with van der Waals surface area (Å²) in [6, 6.07) is 9.72. The van der Waals surface area contributed by atoms with Gasteiger partial charge in [-0.2, -0.15) is 0 Å². The zero-order chi connectivity index (χ0) is 18.1. The second-order valence-corrected chi connectivity index (χ2v) is 8.77. The van der Waals surface area contributed by atoms with Crippen molar-refractivity contribution in [2.24, 2.45) is 0 Å². The van der Waals surface area contributed by atoms with E-state index < -0.39 is 11.2 Å². The van der Waals surface area contributed by atoms with E-state index in [9.17, 15) is 4.79 Å². The molecule has 0 bridgehead atoms. The Balaban J connectivity index is 2.01. The zero-order valence-electron chi connectivity index (χ0n) is 13.2. The van der Waals surface area contributed by atoms with Gasteiger partial charge in [-0.15, -0.1) is 21.5 Å². The van der Waals surface area contributed by atoms with Crippen LogP contribution in [0.2, 0.25) is 5.02 Å². The monoisotopic (exact) mass is 457 g/mol. The fourth-order valence-electron chi connectivity index (χ4n) is 2.19. The molecule has 2 heterocycles. The van der Waals surface area contributed by atoms with Gasteiger partial charge in [-0.3, -0.25) is 9.36 Å². The van der Waals surface area contributed by atoms with Crippen LogP contribution in [0.4, 0.5) is 0 Å². The maximum absolute atomic E-state index is 11.1. The van der Waals surface area contributed by atoms with Crippen molar-refractivity contribution in [3.05, 3.63) is 45.7 Å². The minimum atomic E-state index is -0.889. The first kappa shape index (κ1) is 18.4. The highest BCUT2D eigenvalue weighted by Gasteiger charge is 2.21. The molecule has 3 rings (SSSR count). The molecule has 1 N–H and O–H groups in total. The molecule has 0 aliphatic carbocycles. The van der Waals surface area contributed by atoms with E-state index in [0.29, 0.717) is 14.9 Å². The van der Waals surface area contributed by atoms with Gasteiger partial charge >= 0.3 is 5.97 Å². The van der Waals surface area contributed by atoms with E-state index in [1.807, 2.05) is 41.8 Å². The van der Waals surface area contributed by atoms with E-state index in [2.05, 4.69) is 26.1 Å². The Labute approximate surface area is 166 Å². The molecular weight excluding hydrogens is 446 g/mol. The molecule has 0 fully saturated rings. The van der Waals surface area contributed by atoms with Crippen molar-refractivity contribution in [2.45, 2.75) is 24.3 Å². The van der Waals surface area contributed by atoms with Crippen LogP contribution in [0.1, 0.15) is 12.5 Å². The molecule has 0 aliphatic heterocycles. The fourth-order valence-corrected chi connectivity index (χ4v) is 5.02. The highest BCUT2D eigenvalue weighted by atomic mass is 79.9. The molecule has 0 spiro atoms. The van der Waals surface area contributed by atoms with Gasteiger partial charge in [0.25, 0.3) is 0 Å². The molecule has 130 valence electrons. The summed E-state index contributed by atoms with van der Waals surface area (Å²) in [6.45, 7) is 3.66. The molecule has 0 amide bonds. The predicted octanol–water partition coefficient (Wildman–Crippen LogP) is 5.29. The van der Waals surface area contributed by atoms with Crippen molar-refractivity contribution in [1.29, 1.82) is 0 Å². The van der Waals surface area contributed by atoms with Crippen molar-refractivity contribution < 1.29 is 9.90 Å². The van der Waals surface area contributed by atoms with Crippen LogP contribution in [-0.4, -0.2) is 31.1 Å². The lowest BCUT2D eigenvalue weighted by atomic mass is 10.1. The maximum Gasteiger partial charge on any atom is 0.316 e. The van der Waals surface area contributed by atoms with Gasteiger partial charge in [0.1, 0.15) is 10.3 Å². The smallest absolute Gasteiger partial charge is 0.316 e. The van der Waals surface area contributed by atoms with E-state index in [1.165, 1.54) is 0 Å². The van der Waals surface area contributed by atoms with Crippen LogP contribution < -0.4 is 0 Å². The number of carbonyl (C=O) groups is 1. The number of aromatic nitrogens is 3. The highest BCUT2D eigenvalue weighted by molar-refractivity contribution is 9.10. The lowest BCUT2D eigenvalue weighted by Crippen LogP contribution is -2.12. The number of halogens is 2. The number of rotatable bonds is 5. The number of aliphatic carboxylic acids is 1. The number of nitrogens with zero attached hydrogens (tertiary/aromatic N) is 3. The number of benzene rings is 1. The number of hydrogen-bond acceptors (Lipinski definition) is 5. The Morgan fingerprint density at radius 2 is 2.04 bits per heavy atom. The number of thiophene rings is 1. The Kier molecular flexibility index (Phi) is 5.52. The molecule has 0 saturated carbocycles. The van der Waals surface area contributed by atoms with Gasteiger partial charge in [-0.1, -0.05) is 35.5 Å². The first-order chi connectivity index (χ1) is 11.9. The fraction of sp³-hybridized carbons (Fsp3) is 0.188. The molecular formula is C16H13BrClN3O2S2.